The summed E-state index contributed by atoms with van der Waals surface area (Å²) in [5, 5.41) is 1.04. The molecule has 0 spiro atoms. The number of ether oxygens (including phenoxy) is 1. The van der Waals surface area contributed by atoms with Gasteiger partial charge in [0.2, 0.25) is 0 Å². The second kappa shape index (κ2) is 4.27. The number of hydrogen-bond acceptors (Lipinski definition) is 5. The molecule has 0 radical (unpaired) electrons. The molecule has 5 heteroatoms. The maximum Gasteiger partial charge on any atom is 0.169 e. The molecule has 0 amide bonds. The van der Waals surface area contributed by atoms with Gasteiger partial charge in [-0.25, -0.2) is 9.97 Å². The Kier molecular flexibility index (Phi) is 2.60. The van der Waals surface area contributed by atoms with E-state index in [0.717, 1.165) is 15.2 Å². The molecule has 2 N–H and O–H groups in total. The third kappa shape index (κ3) is 2.00. The van der Waals surface area contributed by atoms with Crippen LogP contribution in [-0.4, -0.2) is 9.97 Å². The van der Waals surface area contributed by atoms with Gasteiger partial charge >= 0.3 is 0 Å². The van der Waals surface area contributed by atoms with E-state index in [4.69, 9.17) is 10.5 Å². The topological polar surface area (TPSA) is 61.0 Å². The lowest BCUT2D eigenvalue weighted by atomic mass is 10.3. The highest BCUT2D eigenvalue weighted by Crippen LogP contribution is 2.30. The molecule has 0 aliphatic rings. The largest absolute Gasteiger partial charge is 0.453 e. The smallest absolute Gasteiger partial charge is 0.169 e. The Morgan fingerprint density at radius 1 is 1.28 bits per heavy atom. The second-order valence-electron chi connectivity index (χ2n) is 3.85. The van der Waals surface area contributed by atoms with E-state index in [9.17, 15) is 0 Å². The fourth-order valence-electron chi connectivity index (χ4n) is 1.70. The van der Waals surface area contributed by atoms with Gasteiger partial charge in [0, 0.05) is 12.3 Å². The highest BCUT2D eigenvalue weighted by Gasteiger charge is 2.05. The van der Waals surface area contributed by atoms with Crippen LogP contribution in [0.3, 0.4) is 0 Å². The van der Waals surface area contributed by atoms with Crippen molar-refractivity contribution in [2.45, 2.75) is 6.92 Å². The maximum atomic E-state index is 5.74. The van der Waals surface area contributed by atoms with E-state index in [2.05, 4.69) is 9.97 Å². The molecule has 0 fully saturated rings. The molecule has 3 rings (SSSR count). The normalized spacial score (nSPS) is 10.7. The lowest BCUT2D eigenvalue weighted by molar-refractivity contribution is 0.484. The standard InChI is InChI=1S/C13H11N3OS/c1-8-16-10-7-9(4-5-12(10)18-8)17-11-3-2-6-15-13(11)14/h2-7H,1H3,(H2,14,15). The summed E-state index contributed by atoms with van der Waals surface area (Å²) in [6, 6.07) is 9.40. The number of anilines is 1. The molecule has 1 aromatic carbocycles. The molecule has 4 nitrogen and oxygen atoms in total. The first kappa shape index (κ1) is 11.0. The fraction of sp³-hybridized carbons (Fsp3) is 0.0769. The Bertz CT molecular complexity index is 708. The molecule has 90 valence electrons. The lowest BCUT2D eigenvalue weighted by Gasteiger charge is -2.06. The quantitative estimate of drug-likeness (QED) is 0.764. The van der Waals surface area contributed by atoms with Crippen LogP contribution in [0.5, 0.6) is 11.5 Å². The predicted octanol–water partition coefficient (Wildman–Crippen LogP) is 3.37. The number of rotatable bonds is 2. The third-order valence-corrected chi connectivity index (χ3v) is 3.45. The lowest BCUT2D eigenvalue weighted by Crippen LogP contribution is -1.94. The van der Waals surface area contributed by atoms with E-state index < -0.39 is 0 Å². The number of hydrogen-bond donors (Lipinski definition) is 1. The van der Waals surface area contributed by atoms with Crippen LogP contribution in [0.25, 0.3) is 10.2 Å². The molecule has 0 unspecified atom stereocenters. The zero-order chi connectivity index (χ0) is 12.5. The second-order valence-corrected chi connectivity index (χ2v) is 5.09. The minimum atomic E-state index is 0.382. The Hall–Kier alpha value is -2.14. The van der Waals surface area contributed by atoms with Crippen LogP contribution in [-0.2, 0) is 0 Å². The van der Waals surface area contributed by atoms with Crippen molar-refractivity contribution in [3.8, 4) is 11.5 Å². The first-order valence-electron chi connectivity index (χ1n) is 5.48. The van der Waals surface area contributed by atoms with Crippen LogP contribution in [0.15, 0.2) is 36.5 Å². The number of nitrogen functional groups attached to an aromatic ring is 1. The summed E-state index contributed by atoms with van der Waals surface area (Å²) < 4.78 is 6.86. The highest BCUT2D eigenvalue weighted by molar-refractivity contribution is 7.18. The molecule has 0 aliphatic carbocycles. The zero-order valence-electron chi connectivity index (χ0n) is 9.75. The highest BCUT2D eigenvalue weighted by atomic mass is 32.1. The summed E-state index contributed by atoms with van der Waals surface area (Å²) in [5.74, 6) is 1.66. The van der Waals surface area contributed by atoms with E-state index in [1.54, 1.807) is 29.7 Å². The van der Waals surface area contributed by atoms with E-state index in [-0.39, 0.29) is 0 Å². The molecule has 2 aromatic heterocycles. The van der Waals surface area contributed by atoms with Crippen LogP contribution >= 0.6 is 11.3 Å². The Balaban J connectivity index is 1.97. The number of nitrogens with two attached hydrogens (primary N) is 1. The fourth-order valence-corrected chi connectivity index (χ4v) is 2.51. The van der Waals surface area contributed by atoms with Crippen molar-refractivity contribution in [3.05, 3.63) is 41.5 Å². The van der Waals surface area contributed by atoms with Gasteiger partial charge in [-0.2, -0.15) is 0 Å². The SMILES string of the molecule is Cc1nc2cc(Oc3cccnc3N)ccc2s1. The van der Waals surface area contributed by atoms with Crippen molar-refractivity contribution in [2.75, 3.05) is 5.73 Å². The van der Waals surface area contributed by atoms with Gasteiger partial charge in [-0.15, -0.1) is 11.3 Å². The average molecular weight is 257 g/mol. The van der Waals surface area contributed by atoms with Crippen molar-refractivity contribution in [1.82, 2.24) is 9.97 Å². The number of aromatic nitrogens is 2. The molecule has 18 heavy (non-hydrogen) atoms. The molecular weight excluding hydrogens is 246 g/mol. The summed E-state index contributed by atoms with van der Waals surface area (Å²) >= 11 is 1.67. The summed E-state index contributed by atoms with van der Waals surface area (Å²) in [6.07, 6.45) is 1.63. The molecule has 0 atom stereocenters. The summed E-state index contributed by atoms with van der Waals surface area (Å²) in [4.78, 5) is 8.41. The number of aryl methyl sites for hydroxylation is 1. The number of nitrogens with zero attached hydrogens (tertiary/aromatic N) is 2. The summed E-state index contributed by atoms with van der Waals surface area (Å²) in [6.45, 7) is 1.99. The minimum absolute atomic E-state index is 0.382. The molecule has 2 heterocycles. The van der Waals surface area contributed by atoms with Gasteiger partial charge in [-0.1, -0.05) is 0 Å². The van der Waals surface area contributed by atoms with Gasteiger partial charge in [0.25, 0.3) is 0 Å². The van der Waals surface area contributed by atoms with Crippen molar-refractivity contribution >= 4 is 27.4 Å². The van der Waals surface area contributed by atoms with Gasteiger partial charge in [0.1, 0.15) is 5.75 Å². The molecule has 0 saturated carbocycles. The van der Waals surface area contributed by atoms with Crippen LogP contribution < -0.4 is 10.5 Å². The molecule has 0 saturated heterocycles. The van der Waals surface area contributed by atoms with Gasteiger partial charge in [-0.05, 0) is 31.2 Å². The van der Waals surface area contributed by atoms with Gasteiger partial charge in [0.15, 0.2) is 11.6 Å². The van der Waals surface area contributed by atoms with Crippen molar-refractivity contribution in [3.63, 3.8) is 0 Å². The summed E-state index contributed by atoms with van der Waals surface area (Å²) in [5.41, 5.74) is 6.68. The number of pyridine rings is 1. The van der Waals surface area contributed by atoms with Crippen molar-refractivity contribution in [2.24, 2.45) is 0 Å². The van der Waals surface area contributed by atoms with E-state index in [0.29, 0.717) is 17.3 Å². The maximum absolute atomic E-state index is 5.74. The van der Waals surface area contributed by atoms with Crippen LogP contribution in [0.4, 0.5) is 5.82 Å². The van der Waals surface area contributed by atoms with Crippen LogP contribution in [0, 0.1) is 6.92 Å². The number of fused-ring (bicyclic) bond motifs is 1. The van der Waals surface area contributed by atoms with E-state index in [1.807, 2.05) is 25.1 Å². The zero-order valence-corrected chi connectivity index (χ0v) is 10.6. The predicted molar refractivity (Wildman–Crippen MR) is 73.1 cm³/mol. The Labute approximate surface area is 108 Å². The average Bonchev–Trinajstić information content (AvgIpc) is 2.71. The third-order valence-electron chi connectivity index (χ3n) is 2.49. The van der Waals surface area contributed by atoms with Gasteiger partial charge in [-0.3, -0.25) is 0 Å². The Morgan fingerprint density at radius 2 is 2.17 bits per heavy atom. The molecule has 3 aromatic rings. The van der Waals surface area contributed by atoms with E-state index >= 15 is 0 Å². The van der Waals surface area contributed by atoms with Crippen LogP contribution in [0.1, 0.15) is 5.01 Å². The number of thiazole rings is 1. The monoisotopic (exact) mass is 257 g/mol. The van der Waals surface area contributed by atoms with Gasteiger partial charge < -0.3 is 10.5 Å². The Morgan fingerprint density at radius 3 is 3.00 bits per heavy atom. The van der Waals surface area contributed by atoms with Crippen molar-refractivity contribution in [1.29, 1.82) is 0 Å². The minimum Gasteiger partial charge on any atom is -0.453 e. The molecule has 0 bridgehead atoms. The molecular formula is C13H11N3OS. The number of benzene rings is 1. The first-order chi connectivity index (χ1) is 8.72. The molecule has 0 aliphatic heterocycles. The first-order valence-corrected chi connectivity index (χ1v) is 6.29. The van der Waals surface area contributed by atoms with Crippen molar-refractivity contribution < 1.29 is 4.74 Å². The van der Waals surface area contributed by atoms with E-state index in [1.165, 1.54) is 0 Å². The van der Waals surface area contributed by atoms with Crippen LogP contribution in [0.2, 0.25) is 0 Å². The summed E-state index contributed by atoms with van der Waals surface area (Å²) in [7, 11) is 0. The van der Waals surface area contributed by atoms with Gasteiger partial charge in [0.05, 0.1) is 15.2 Å².